The summed E-state index contributed by atoms with van der Waals surface area (Å²) in [6, 6.07) is 1.88. The maximum absolute atomic E-state index is 11.5. The van der Waals surface area contributed by atoms with Gasteiger partial charge in [-0.2, -0.15) is 0 Å². The van der Waals surface area contributed by atoms with Gasteiger partial charge in [0.1, 0.15) is 4.88 Å². The second kappa shape index (κ2) is 4.53. The molecule has 16 heavy (non-hydrogen) atoms. The lowest BCUT2D eigenvalue weighted by molar-refractivity contribution is 0.0576. The first-order valence-corrected chi connectivity index (χ1v) is 6.10. The van der Waals surface area contributed by atoms with E-state index in [4.69, 9.17) is 4.74 Å². The standard InChI is InChI=1S/C11H15NO3S/c1-15-10(13)9-8(2-5-16-9)6-11(14)3-4-12-7-11/h2,5,12,14H,3-4,6-7H2,1H3. The molecule has 1 aromatic rings. The highest BCUT2D eigenvalue weighted by Gasteiger charge is 2.32. The molecule has 2 N–H and O–H groups in total. The first kappa shape index (κ1) is 11.6. The van der Waals surface area contributed by atoms with Crippen molar-refractivity contribution in [3.63, 3.8) is 0 Å². The number of ether oxygens (including phenoxy) is 1. The van der Waals surface area contributed by atoms with Crippen LogP contribution in [0.3, 0.4) is 0 Å². The molecule has 1 aliphatic rings. The molecule has 2 rings (SSSR count). The summed E-state index contributed by atoms with van der Waals surface area (Å²) in [4.78, 5) is 12.1. The van der Waals surface area contributed by atoms with Gasteiger partial charge in [0, 0.05) is 13.0 Å². The Balaban J connectivity index is 2.15. The molecule has 1 atom stereocenters. The normalized spacial score (nSPS) is 24.6. The van der Waals surface area contributed by atoms with Gasteiger partial charge in [0.2, 0.25) is 0 Å². The van der Waals surface area contributed by atoms with Gasteiger partial charge >= 0.3 is 5.97 Å². The predicted octanol–water partition coefficient (Wildman–Crippen LogP) is 0.802. The van der Waals surface area contributed by atoms with Crippen molar-refractivity contribution in [1.29, 1.82) is 0 Å². The average Bonchev–Trinajstić information content (AvgIpc) is 2.87. The molecule has 0 radical (unpaired) electrons. The minimum atomic E-state index is -0.718. The van der Waals surface area contributed by atoms with Crippen molar-refractivity contribution in [1.82, 2.24) is 5.32 Å². The predicted molar refractivity (Wildman–Crippen MR) is 61.8 cm³/mol. The van der Waals surface area contributed by atoms with Gasteiger partial charge in [0.05, 0.1) is 12.7 Å². The number of β-amino-alcohol motifs (C(OH)–C–C–N with tert-alkyl or cyclic N) is 1. The Bertz CT molecular complexity index is 382. The number of aliphatic hydroxyl groups is 1. The maximum Gasteiger partial charge on any atom is 0.348 e. The van der Waals surface area contributed by atoms with Gasteiger partial charge in [-0.3, -0.25) is 0 Å². The number of hydrogen-bond acceptors (Lipinski definition) is 5. The van der Waals surface area contributed by atoms with E-state index in [-0.39, 0.29) is 5.97 Å². The number of rotatable bonds is 3. The Hall–Kier alpha value is -0.910. The van der Waals surface area contributed by atoms with Crippen molar-refractivity contribution >= 4 is 17.3 Å². The molecule has 88 valence electrons. The monoisotopic (exact) mass is 241 g/mol. The fourth-order valence-corrected chi connectivity index (χ4v) is 2.82. The van der Waals surface area contributed by atoms with E-state index in [0.717, 1.165) is 18.5 Å². The Morgan fingerprint density at radius 2 is 2.56 bits per heavy atom. The maximum atomic E-state index is 11.5. The lowest BCUT2D eigenvalue weighted by Gasteiger charge is -2.20. The zero-order valence-electron chi connectivity index (χ0n) is 9.16. The summed E-state index contributed by atoms with van der Waals surface area (Å²) in [5, 5.41) is 15.2. The van der Waals surface area contributed by atoms with E-state index in [9.17, 15) is 9.90 Å². The van der Waals surface area contributed by atoms with Crippen LogP contribution < -0.4 is 5.32 Å². The Morgan fingerprint density at radius 1 is 1.75 bits per heavy atom. The van der Waals surface area contributed by atoms with Crippen LogP contribution in [0.25, 0.3) is 0 Å². The molecule has 5 heteroatoms. The van der Waals surface area contributed by atoms with Crippen molar-refractivity contribution in [3.05, 3.63) is 21.9 Å². The highest BCUT2D eigenvalue weighted by molar-refractivity contribution is 7.12. The zero-order valence-corrected chi connectivity index (χ0v) is 9.97. The van der Waals surface area contributed by atoms with Gasteiger partial charge in [-0.05, 0) is 30.0 Å². The van der Waals surface area contributed by atoms with E-state index in [1.165, 1.54) is 18.4 Å². The number of nitrogens with one attached hydrogen (secondary N) is 1. The first-order valence-electron chi connectivity index (χ1n) is 5.22. The number of esters is 1. The number of thiophene rings is 1. The fourth-order valence-electron chi connectivity index (χ4n) is 1.98. The lowest BCUT2D eigenvalue weighted by atomic mass is 9.94. The van der Waals surface area contributed by atoms with E-state index >= 15 is 0 Å². The van der Waals surface area contributed by atoms with Crippen LogP contribution in [0.2, 0.25) is 0 Å². The third-order valence-electron chi connectivity index (χ3n) is 2.86. The topological polar surface area (TPSA) is 58.6 Å². The molecule has 4 nitrogen and oxygen atoms in total. The number of carbonyl (C=O) groups excluding carboxylic acids is 1. The van der Waals surface area contributed by atoms with Crippen LogP contribution >= 0.6 is 11.3 Å². The molecule has 0 aliphatic carbocycles. The minimum absolute atomic E-state index is 0.320. The van der Waals surface area contributed by atoms with Crippen LogP contribution in [0.4, 0.5) is 0 Å². The van der Waals surface area contributed by atoms with Gasteiger partial charge < -0.3 is 15.2 Å². The van der Waals surface area contributed by atoms with Crippen LogP contribution in [-0.4, -0.2) is 36.9 Å². The Morgan fingerprint density at radius 3 is 3.19 bits per heavy atom. The zero-order chi connectivity index (χ0) is 11.6. The molecule has 0 spiro atoms. The summed E-state index contributed by atoms with van der Waals surface area (Å²) in [5.41, 5.74) is 0.159. The fraction of sp³-hybridized carbons (Fsp3) is 0.545. The molecule has 1 aromatic heterocycles. The SMILES string of the molecule is COC(=O)c1sccc1CC1(O)CCNC1. The molecule has 1 aliphatic heterocycles. The van der Waals surface area contributed by atoms with E-state index in [1.807, 2.05) is 11.4 Å². The summed E-state index contributed by atoms with van der Waals surface area (Å²) >= 11 is 1.36. The second-order valence-corrected chi connectivity index (χ2v) is 5.01. The Kier molecular flexibility index (Phi) is 3.28. The molecule has 0 amide bonds. The molecule has 1 unspecified atom stereocenters. The van der Waals surface area contributed by atoms with Crippen LogP contribution in [0, 0.1) is 0 Å². The Labute approximate surface area is 98.2 Å². The average molecular weight is 241 g/mol. The molecule has 1 fully saturated rings. The molecule has 1 saturated heterocycles. The van der Waals surface area contributed by atoms with E-state index in [1.54, 1.807) is 0 Å². The quantitative estimate of drug-likeness (QED) is 0.769. The minimum Gasteiger partial charge on any atom is -0.465 e. The van der Waals surface area contributed by atoms with Crippen LogP contribution in [-0.2, 0) is 11.2 Å². The first-order chi connectivity index (χ1) is 7.64. The molecular weight excluding hydrogens is 226 g/mol. The van der Waals surface area contributed by atoms with Crippen molar-refractivity contribution in [2.75, 3.05) is 20.2 Å². The van der Waals surface area contributed by atoms with Crippen molar-refractivity contribution < 1.29 is 14.6 Å². The molecule has 0 saturated carbocycles. The van der Waals surface area contributed by atoms with Gasteiger partial charge in [0.15, 0.2) is 0 Å². The second-order valence-electron chi connectivity index (χ2n) is 4.09. The highest BCUT2D eigenvalue weighted by atomic mass is 32.1. The summed E-state index contributed by atoms with van der Waals surface area (Å²) in [7, 11) is 1.37. The van der Waals surface area contributed by atoms with Gasteiger partial charge in [0.25, 0.3) is 0 Å². The largest absolute Gasteiger partial charge is 0.465 e. The third-order valence-corrected chi connectivity index (χ3v) is 3.79. The van der Waals surface area contributed by atoms with Crippen LogP contribution in [0.1, 0.15) is 21.7 Å². The van der Waals surface area contributed by atoms with Gasteiger partial charge in [-0.25, -0.2) is 4.79 Å². The lowest BCUT2D eigenvalue weighted by Crippen LogP contribution is -2.34. The van der Waals surface area contributed by atoms with Crippen molar-refractivity contribution in [2.45, 2.75) is 18.4 Å². The number of methoxy groups -OCH3 is 1. The van der Waals surface area contributed by atoms with Gasteiger partial charge in [-0.15, -0.1) is 11.3 Å². The van der Waals surface area contributed by atoms with Gasteiger partial charge in [-0.1, -0.05) is 0 Å². The number of hydrogen-bond donors (Lipinski definition) is 2. The summed E-state index contributed by atoms with van der Waals surface area (Å²) in [6.45, 7) is 1.41. The number of carbonyl (C=O) groups is 1. The van der Waals surface area contributed by atoms with E-state index < -0.39 is 5.60 Å². The van der Waals surface area contributed by atoms with Crippen molar-refractivity contribution in [3.8, 4) is 0 Å². The van der Waals surface area contributed by atoms with E-state index in [2.05, 4.69) is 5.32 Å². The summed E-state index contributed by atoms with van der Waals surface area (Å²) in [5.74, 6) is -0.320. The summed E-state index contributed by atoms with van der Waals surface area (Å²) in [6.07, 6.45) is 1.23. The highest BCUT2D eigenvalue weighted by Crippen LogP contribution is 2.26. The smallest absolute Gasteiger partial charge is 0.348 e. The van der Waals surface area contributed by atoms with Crippen molar-refractivity contribution in [2.24, 2.45) is 0 Å². The molecule has 0 bridgehead atoms. The molecule has 0 aromatic carbocycles. The van der Waals surface area contributed by atoms with Crippen LogP contribution in [0.5, 0.6) is 0 Å². The van der Waals surface area contributed by atoms with Crippen LogP contribution in [0.15, 0.2) is 11.4 Å². The summed E-state index contributed by atoms with van der Waals surface area (Å²) < 4.78 is 4.71. The third kappa shape index (κ3) is 2.26. The molecular formula is C11H15NO3S. The van der Waals surface area contributed by atoms with E-state index in [0.29, 0.717) is 17.8 Å². The molecule has 2 heterocycles.